The van der Waals surface area contributed by atoms with E-state index in [-0.39, 0.29) is 0 Å². The number of methoxy groups -OCH3 is 1. The second-order valence-electron chi connectivity index (χ2n) is 4.76. The van der Waals surface area contributed by atoms with Crippen LogP contribution in [0.2, 0.25) is 0 Å². The SMILES string of the molecule is CNC1OC(c2cccc3ccccc23)=NC1C(=O)OC. The van der Waals surface area contributed by atoms with Crippen LogP contribution in [-0.2, 0) is 14.3 Å². The zero-order chi connectivity index (χ0) is 14.8. The molecule has 21 heavy (non-hydrogen) atoms. The van der Waals surface area contributed by atoms with Gasteiger partial charge in [0, 0.05) is 5.56 Å². The maximum absolute atomic E-state index is 11.8. The molecule has 108 valence electrons. The number of hydrogen-bond donors (Lipinski definition) is 1. The van der Waals surface area contributed by atoms with Crippen molar-refractivity contribution >= 4 is 22.6 Å². The first-order valence-electron chi connectivity index (χ1n) is 6.72. The van der Waals surface area contributed by atoms with Crippen molar-refractivity contribution in [2.75, 3.05) is 14.2 Å². The topological polar surface area (TPSA) is 59.9 Å². The molecule has 5 heteroatoms. The van der Waals surface area contributed by atoms with Crippen LogP contribution >= 0.6 is 0 Å². The van der Waals surface area contributed by atoms with Crippen molar-refractivity contribution in [2.24, 2.45) is 4.99 Å². The number of carbonyl (C=O) groups is 1. The fourth-order valence-corrected chi connectivity index (χ4v) is 2.47. The third-order valence-corrected chi connectivity index (χ3v) is 3.53. The van der Waals surface area contributed by atoms with Gasteiger partial charge in [0.25, 0.3) is 0 Å². The summed E-state index contributed by atoms with van der Waals surface area (Å²) >= 11 is 0. The number of nitrogens with one attached hydrogen (secondary N) is 1. The van der Waals surface area contributed by atoms with Crippen LogP contribution in [0.25, 0.3) is 10.8 Å². The molecule has 2 aromatic carbocycles. The van der Waals surface area contributed by atoms with E-state index in [9.17, 15) is 4.79 Å². The number of fused-ring (bicyclic) bond motifs is 1. The number of likely N-dealkylation sites (N-methyl/N-ethyl adjacent to an activating group) is 1. The number of nitrogens with zero attached hydrogens (tertiary/aromatic N) is 1. The number of hydrogen-bond acceptors (Lipinski definition) is 5. The molecule has 0 saturated carbocycles. The largest absolute Gasteiger partial charge is 0.467 e. The minimum Gasteiger partial charge on any atom is -0.467 e. The van der Waals surface area contributed by atoms with Crippen LogP contribution in [-0.4, -0.2) is 38.3 Å². The Kier molecular flexibility index (Phi) is 3.58. The molecule has 0 bridgehead atoms. The molecule has 1 aliphatic rings. The Bertz CT molecular complexity index is 706. The molecule has 2 aromatic rings. The summed E-state index contributed by atoms with van der Waals surface area (Å²) in [7, 11) is 3.07. The molecule has 5 nitrogen and oxygen atoms in total. The van der Waals surface area contributed by atoms with Crippen molar-refractivity contribution in [3.63, 3.8) is 0 Å². The number of rotatable bonds is 3. The van der Waals surface area contributed by atoms with Crippen molar-refractivity contribution in [1.82, 2.24) is 5.32 Å². The molecule has 3 rings (SSSR count). The molecule has 0 fully saturated rings. The summed E-state index contributed by atoms with van der Waals surface area (Å²) in [6.07, 6.45) is -0.508. The van der Waals surface area contributed by atoms with Gasteiger partial charge in [0.1, 0.15) is 0 Å². The third-order valence-electron chi connectivity index (χ3n) is 3.53. The van der Waals surface area contributed by atoms with E-state index in [0.29, 0.717) is 5.90 Å². The van der Waals surface area contributed by atoms with E-state index in [1.54, 1.807) is 7.05 Å². The van der Waals surface area contributed by atoms with Crippen molar-refractivity contribution < 1.29 is 14.3 Å². The minimum atomic E-state index is -0.686. The Morgan fingerprint density at radius 3 is 2.76 bits per heavy atom. The van der Waals surface area contributed by atoms with Crippen molar-refractivity contribution in [3.05, 3.63) is 48.0 Å². The minimum absolute atomic E-state index is 0.412. The zero-order valence-electron chi connectivity index (χ0n) is 11.9. The van der Waals surface area contributed by atoms with E-state index in [1.165, 1.54) is 7.11 Å². The first-order chi connectivity index (χ1) is 10.2. The Morgan fingerprint density at radius 2 is 2.00 bits per heavy atom. The van der Waals surface area contributed by atoms with Gasteiger partial charge >= 0.3 is 5.97 Å². The molecule has 1 aliphatic heterocycles. The van der Waals surface area contributed by atoms with Gasteiger partial charge in [-0.05, 0) is 23.9 Å². The number of ether oxygens (including phenoxy) is 2. The highest BCUT2D eigenvalue weighted by molar-refractivity contribution is 6.08. The molecule has 2 unspecified atom stereocenters. The van der Waals surface area contributed by atoms with Gasteiger partial charge in [-0.25, -0.2) is 9.79 Å². The van der Waals surface area contributed by atoms with Gasteiger partial charge < -0.3 is 9.47 Å². The van der Waals surface area contributed by atoms with Crippen LogP contribution in [0.5, 0.6) is 0 Å². The average Bonchev–Trinajstić information content (AvgIpc) is 2.97. The normalized spacial score (nSPS) is 21.0. The molecule has 0 aromatic heterocycles. The van der Waals surface area contributed by atoms with E-state index in [4.69, 9.17) is 9.47 Å². The fraction of sp³-hybridized carbons (Fsp3) is 0.250. The predicted octanol–water partition coefficient (Wildman–Crippen LogP) is 1.70. The van der Waals surface area contributed by atoms with Crippen LogP contribution in [0, 0.1) is 0 Å². The van der Waals surface area contributed by atoms with Crippen LogP contribution in [0.15, 0.2) is 47.5 Å². The van der Waals surface area contributed by atoms with Crippen LogP contribution in [0.3, 0.4) is 0 Å². The first kappa shape index (κ1) is 13.6. The molecule has 1 heterocycles. The highest BCUT2D eigenvalue weighted by Crippen LogP contribution is 2.24. The molecule has 0 radical (unpaired) electrons. The molecule has 0 saturated heterocycles. The number of benzene rings is 2. The van der Waals surface area contributed by atoms with Crippen molar-refractivity contribution in [3.8, 4) is 0 Å². The lowest BCUT2D eigenvalue weighted by Crippen LogP contribution is -2.40. The van der Waals surface area contributed by atoms with Crippen LogP contribution in [0.4, 0.5) is 0 Å². The Hall–Kier alpha value is -2.40. The standard InChI is InChI=1S/C16H16N2O3/c1-17-15-13(16(19)20-2)18-14(21-15)12-9-5-7-10-6-3-4-8-11(10)12/h3-9,13,15,17H,1-2H3. The second-order valence-corrected chi connectivity index (χ2v) is 4.76. The maximum atomic E-state index is 11.8. The van der Waals surface area contributed by atoms with Gasteiger partial charge in [-0.3, -0.25) is 5.32 Å². The molecular weight excluding hydrogens is 268 g/mol. The van der Waals surface area contributed by atoms with Gasteiger partial charge in [0.05, 0.1) is 7.11 Å². The molecule has 1 N–H and O–H groups in total. The Balaban J connectivity index is 2.05. The van der Waals surface area contributed by atoms with E-state index in [1.807, 2.05) is 42.5 Å². The molecule has 0 aliphatic carbocycles. The summed E-state index contributed by atoms with van der Waals surface area (Å²) in [5.74, 6) is 0.0473. The molecule has 0 amide bonds. The monoisotopic (exact) mass is 284 g/mol. The van der Waals surface area contributed by atoms with Gasteiger partial charge in [-0.1, -0.05) is 36.4 Å². The average molecular weight is 284 g/mol. The van der Waals surface area contributed by atoms with Crippen LogP contribution in [0.1, 0.15) is 5.56 Å². The quantitative estimate of drug-likeness (QED) is 0.872. The number of carbonyl (C=O) groups excluding carboxylic acids is 1. The van der Waals surface area contributed by atoms with Crippen LogP contribution < -0.4 is 5.32 Å². The second kappa shape index (κ2) is 5.54. The Morgan fingerprint density at radius 1 is 1.24 bits per heavy atom. The number of esters is 1. The number of aliphatic imine (C=N–C) groups is 1. The molecule has 0 spiro atoms. The lowest BCUT2D eigenvalue weighted by Gasteiger charge is -2.14. The third kappa shape index (κ3) is 2.36. The van der Waals surface area contributed by atoms with Gasteiger partial charge in [-0.15, -0.1) is 0 Å². The lowest BCUT2D eigenvalue weighted by atomic mass is 10.0. The summed E-state index contributed by atoms with van der Waals surface area (Å²) < 4.78 is 10.6. The van der Waals surface area contributed by atoms with E-state index in [2.05, 4.69) is 10.3 Å². The van der Waals surface area contributed by atoms with Gasteiger partial charge in [-0.2, -0.15) is 0 Å². The highest BCUT2D eigenvalue weighted by atomic mass is 16.5. The zero-order valence-corrected chi connectivity index (χ0v) is 11.9. The summed E-state index contributed by atoms with van der Waals surface area (Å²) in [5, 5.41) is 5.08. The van der Waals surface area contributed by atoms with E-state index < -0.39 is 18.2 Å². The first-order valence-corrected chi connectivity index (χ1v) is 6.72. The summed E-state index contributed by atoms with van der Waals surface area (Å²) in [4.78, 5) is 16.2. The van der Waals surface area contributed by atoms with Gasteiger partial charge in [0.2, 0.25) is 11.9 Å². The Labute approximate surface area is 122 Å². The van der Waals surface area contributed by atoms with Crippen molar-refractivity contribution in [2.45, 2.75) is 12.3 Å². The maximum Gasteiger partial charge on any atom is 0.336 e. The highest BCUT2D eigenvalue weighted by Gasteiger charge is 2.37. The summed E-state index contributed by atoms with van der Waals surface area (Å²) in [5.41, 5.74) is 0.875. The summed E-state index contributed by atoms with van der Waals surface area (Å²) in [6.45, 7) is 0. The molecular formula is C16H16N2O3. The van der Waals surface area contributed by atoms with Crippen molar-refractivity contribution in [1.29, 1.82) is 0 Å². The smallest absolute Gasteiger partial charge is 0.336 e. The lowest BCUT2D eigenvalue weighted by molar-refractivity contribution is -0.144. The summed E-state index contributed by atoms with van der Waals surface area (Å²) in [6, 6.07) is 13.2. The van der Waals surface area contributed by atoms with E-state index >= 15 is 0 Å². The predicted molar refractivity (Wildman–Crippen MR) is 80.2 cm³/mol. The molecule has 2 atom stereocenters. The van der Waals surface area contributed by atoms with Gasteiger partial charge in [0.15, 0.2) is 6.23 Å². The fourth-order valence-electron chi connectivity index (χ4n) is 2.47. The van der Waals surface area contributed by atoms with E-state index in [0.717, 1.165) is 16.3 Å².